The summed E-state index contributed by atoms with van der Waals surface area (Å²) >= 11 is 1.61. The van der Waals surface area contributed by atoms with Crippen molar-refractivity contribution in [3.8, 4) is 6.07 Å². The van der Waals surface area contributed by atoms with E-state index >= 15 is 0 Å². The predicted molar refractivity (Wildman–Crippen MR) is 62.5 cm³/mol. The molecular formula is C10H20N2O2S. The third-order valence-corrected chi connectivity index (χ3v) is 3.21. The average molecular weight is 232 g/mol. The summed E-state index contributed by atoms with van der Waals surface area (Å²) in [5, 5.41) is 26.3. The van der Waals surface area contributed by atoms with Crippen molar-refractivity contribution in [3.63, 3.8) is 0 Å². The lowest BCUT2D eigenvalue weighted by molar-refractivity contribution is 0.113. The highest BCUT2D eigenvalue weighted by atomic mass is 32.2. The lowest BCUT2D eigenvalue weighted by atomic mass is 9.99. The molecule has 2 atom stereocenters. The van der Waals surface area contributed by atoms with Crippen LogP contribution in [0.3, 0.4) is 0 Å². The molecular weight excluding hydrogens is 212 g/mol. The zero-order chi connectivity index (χ0) is 11.7. The summed E-state index contributed by atoms with van der Waals surface area (Å²) in [6.45, 7) is 1.55. The molecule has 0 radical (unpaired) electrons. The highest BCUT2D eigenvalue weighted by molar-refractivity contribution is 7.99. The Bertz CT molecular complexity index is 204. The van der Waals surface area contributed by atoms with E-state index in [1.54, 1.807) is 18.7 Å². The summed E-state index contributed by atoms with van der Waals surface area (Å²) in [6.07, 6.45) is 1.99. The van der Waals surface area contributed by atoms with Crippen LogP contribution in [0.25, 0.3) is 0 Å². The second-order valence-electron chi connectivity index (χ2n) is 3.90. The van der Waals surface area contributed by atoms with Crippen molar-refractivity contribution >= 4 is 11.8 Å². The van der Waals surface area contributed by atoms with E-state index in [9.17, 15) is 0 Å². The van der Waals surface area contributed by atoms with Crippen LogP contribution in [0.5, 0.6) is 0 Å². The van der Waals surface area contributed by atoms with E-state index in [0.29, 0.717) is 12.2 Å². The molecule has 0 fully saturated rings. The van der Waals surface area contributed by atoms with Crippen molar-refractivity contribution in [3.05, 3.63) is 0 Å². The summed E-state index contributed by atoms with van der Waals surface area (Å²) in [5.41, 5.74) is 4.95. The Labute approximate surface area is 95.5 Å². The summed E-state index contributed by atoms with van der Waals surface area (Å²) < 4.78 is 0. The number of thioether (sulfide) groups is 1. The Balaban J connectivity index is 3.30. The van der Waals surface area contributed by atoms with E-state index in [0.717, 1.165) is 18.6 Å². The molecule has 0 saturated carbocycles. The molecule has 0 aliphatic heterocycles. The number of nitriles is 1. The zero-order valence-corrected chi connectivity index (χ0v) is 9.96. The summed E-state index contributed by atoms with van der Waals surface area (Å²) in [6, 6.07) is 2.06. The SMILES string of the molecule is CC(N)(C#N)CCCCSCC(O)CO. The molecule has 4 N–H and O–H groups in total. The molecule has 88 valence electrons. The Hall–Kier alpha value is -0.280. The van der Waals surface area contributed by atoms with Crippen LogP contribution in [-0.2, 0) is 0 Å². The first-order chi connectivity index (χ1) is 7.02. The van der Waals surface area contributed by atoms with Crippen molar-refractivity contribution in [1.82, 2.24) is 0 Å². The Morgan fingerprint density at radius 3 is 2.73 bits per heavy atom. The van der Waals surface area contributed by atoms with Gasteiger partial charge in [-0.1, -0.05) is 0 Å². The minimum atomic E-state index is -0.713. The van der Waals surface area contributed by atoms with Gasteiger partial charge < -0.3 is 15.9 Å². The maximum Gasteiger partial charge on any atom is 0.101 e. The number of nitrogens with zero attached hydrogens (tertiary/aromatic N) is 1. The molecule has 0 aliphatic rings. The summed E-state index contributed by atoms with van der Waals surface area (Å²) in [4.78, 5) is 0. The molecule has 0 spiro atoms. The normalized spacial score (nSPS) is 16.7. The maximum absolute atomic E-state index is 9.05. The minimum Gasteiger partial charge on any atom is -0.394 e. The van der Waals surface area contributed by atoms with Crippen molar-refractivity contribution < 1.29 is 10.2 Å². The average Bonchev–Trinajstić information content (AvgIpc) is 2.22. The molecule has 0 heterocycles. The van der Waals surface area contributed by atoms with Crippen LogP contribution in [0.4, 0.5) is 0 Å². The van der Waals surface area contributed by atoms with E-state index in [2.05, 4.69) is 6.07 Å². The highest BCUT2D eigenvalue weighted by Crippen LogP contribution is 2.12. The Morgan fingerprint density at radius 1 is 1.53 bits per heavy atom. The fourth-order valence-electron chi connectivity index (χ4n) is 1.02. The van der Waals surface area contributed by atoms with Gasteiger partial charge in [-0.25, -0.2) is 0 Å². The van der Waals surface area contributed by atoms with Gasteiger partial charge in [0.25, 0.3) is 0 Å². The first-order valence-corrected chi connectivity index (χ1v) is 6.24. The van der Waals surface area contributed by atoms with Gasteiger partial charge in [0.15, 0.2) is 0 Å². The van der Waals surface area contributed by atoms with Gasteiger partial charge in [-0.05, 0) is 31.9 Å². The van der Waals surface area contributed by atoms with Crippen LogP contribution >= 0.6 is 11.8 Å². The fourth-order valence-corrected chi connectivity index (χ4v) is 1.98. The lowest BCUT2D eigenvalue weighted by Gasteiger charge is -2.14. The van der Waals surface area contributed by atoms with E-state index in [-0.39, 0.29) is 6.61 Å². The van der Waals surface area contributed by atoms with Crippen molar-refractivity contribution in [2.24, 2.45) is 5.73 Å². The van der Waals surface area contributed by atoms with E-state index in [4.69, 9.17) is 21.2 Å². The molecule has 0 aromatic carbocycles. The number of nitrogens with two attached hydrogens (primary N) is 1. The molecule has 0 saturated heterocycles. The van der Waals surface area contributed by atoms with E-state index in [1.165, 1.54) is 0 Å². The topological polar surface area (TPSA) is 90.3 Å². The van der Waals surface area contributed by atoms with Gasteiger partial charge in [0.2, 0.25) is 0 Å². The van der Waals surface area contributed by atoms with Gasteiger partial charge in [0.1, 0.15) is 5.54 Å². The largest absolute Gasteiger partial charge is 0.394 e. The van der Waals surface area contributed by atoms with Gasteiger partial charge in [-0.15, -0.1) is 0 Å². The van der Waals surface area contributed by atoms with Gasteiger partial charge >= 0.3 is 0 Å². The zero-order valence-electron chi connectivity index (χ0n) is 9.15. The van der Waals surface area contributed by atoms with Crippen molar-refractivity contribution in [2.75, 3.05) is 18.1 Å². The molecule has 15 heavy (non-hydrogen) atoms. The lowest BCUT2D eigenvalue weighted by Crippen LogP contribution is -2.33. The molecule has 0 amide bonds. The number of aliphatic hydroxyl groups excluding tert-OH is 2. The molecule has 2 unspecified atom stereocenters. The Kier molecular flexibility index (Phi) is 7.79. The maximum atomic E-state index is 9.05. The number of hydrogen-bond donors (Lipinski definition) is 3. The van der Waals surface area contributed by atoms with Crippen molar-refractivity contribution in [2.45, 2.75) is 37.8 Å². The third-order valence-electron chi connectivity index (χ3n) is 2.01. The van der Waals surface area contributed by atoms with Crippen LogP contribution in [-0.4, -0.2) is 40.0 Å². The van der Waals surface area contributed by atoms with Crippen LogP contribution in [0, 0.1) is 11.3 Å². The third kappa shape index (κ3) is 8.70. The quantitative estimate of drug-likeness (QED) is 0.530. The molecule has 5 heteroatoms. The minimum absolute atomic E-state index is 0.178. The van der Waals surface area contributed by atoms with Crippen LogP contribution < -0.4 is 5.73 Å². The summed E-state index contributed by atoms with van der Waals surface area (Å²) in [5.74, 6) is 1.49. The standard InChI is InChI=1S/C10H20N2O2S/c1-10(12,8-11)4-2-3-5-15-7-9(14)6-13/h9,13-14H,2-7,12H2,1H3. The van der Waals surface area contributed by atoms with Gasteiger partial charge in [-0.2, -0.15) is 17.0 Å². The van der Waals surface area contributed by atoms with Gasteiger partial charge in [-0.3, -0.25) is 0 Å². The second-order valence-corrected chi connectivity index (χ2v) is 5.05. The molecule has 4 nitrogen and oxygen atoms in total. The van der Waals surface area contributed by atoms with E-state index < -0.39 is 11.6 Å². The predicted octanol–water partition coefficient (Wildman–Crippen LogP) is 0.484. The molecule has 0 rings (SSSR count). The number of aliphatic hydroxyl groups is 2. The molecule has 0 bridgehead atoms. The first-order valence-electron chi connectivity index (χ1n) is 5.08. The Morgan fingerprint density at radius 2 is 2.20 bits per heavy atom. The van der Waals surface area contributed by atoms with Gasteiger partial charge in [0.05, 0.1) is 18.8 Å². The number of unbranched alkanes of at least 4 members (excludes halogenated alkanes) is 1. The van der Waals surface area contributed by atoms with Gasteiger partial charge in [0, 0.05) is 5.75 Å². The second kappa shape index (κ2) is 7.94. The summed E-state index contributed by atoms with van der Waals surface area (Å²) in [7, 11) is 0. The smallest absolute Gasteiger partial charge is 0.101 e. The van der Waals surface area contributed by atoms with Crippen LogP contribution in [0.1, 0.15) is 26.2 Å². The van der Waals surface area contributed by atoms with E-state index in [1.807, 2.05) is 0 Å². The van der Waals surface area contributed by atoms with Crippen LogP contribution in [0.15, 0.2) is 0 Å². The van der Waals surface area contributed by atoms with Crippen molar-refractivity contribution in [1.29, 1.82) is 5.26 Å². The first kappa shape index (κ1) is 14.7. The fraction of sp³-hybridized carbons (Fsp3) is 0.900. The highest BCUT2D eigenvalue weighted by Gasteiger charge is 2.15. The number of hydrogen-bond acceptors (Lipinski definition) is 5. The number of rotatable bonds is 8. The molecule has 0 aromatic heterocycles. The molecule has 0 aliphatic carbocycles. The monoisotopic (exact) mass is 232 g/mol. The molecule has 0 aromatic rings. The van der Waals surface area contributed by atoms with Crippen LogP contribution in [0.2, 0.25) is 0 Å².